The molecule has 5 nitrogen and oxygen atoms in total. The summed E-state index contributed by atoms with van der Waals surface area (Å²) in [4.78, 5) is 16.9. The highest BCUT2D eigenvalue weighted by Crippen LogP contribution is 2.24. The van der Waals surface area contributed by atoms with E-state index in [0.717, 1.165) is 36.3 Å². The van der Waals surface area contributed by atoms with Gasteiger partial charge in [-0.1, -0.05) is 25.0 Å². The number of aromatic nitrogens is 1. The average Bonchev–Trinajstić information content (AvgIpc) is 2.68. The molecule has 3 rings (SSSR count). The van der Waals surface area contributed by atoms with Crippen molar-refractivity contribution in [1.82, 2.24) is 10.3 Å². The van der Waals surface area contributed by atoms with Crippen LogP contribution in [0.15, 0.2) is 42.6 Å². The van der Waals surface area contributed by atoms with Gasteiger partial charge in [-0.2, -0.15) is 0 Å². The van der Waals surface area contributed by atoms with Crippen LogP contribution in [0.5, 0.6) is 5.75 Å². The minimum absolute atomic E-state index is 0.0331. The number of aryl methyl sites for hydroxylation is 1. The van der Waals surface area contributed by atoms with Crippen molar-refractivity contribution in [3.8, 4) is 5.75 Å². The van der Waals surface area contributed by atoms with Crippen LogP contribution in [0.1, 0.15) is 47.3 Å². The predicted octanol–water partition coefficient (Wildman–Crippen LogP) is 3.22. The molecule has 0 saturated heterocycles. The Hall–Kier alpha value is -2.40. The van der Waals surface area contributed by atoms with Gasteiger partial charge in [0.25, 0.3) is 5.91 Å². The normalized spacial score (nSPS) is 19.8. The average molecular weight is 353 g/mol. The standard InChI is InChI=1S/C21H27N3O2/c1-15-9-10-19(13-23-15)26-14-16-5-4-7-17(11-16)21(25)24-20-8-3-2-6-18(20)12-22/h4-5,7,9-11,13,18,20H,2-3,6,8,12,14,22H2,1H3,(H,24,25). The molecular formula is C21H27N3O2. The first-order valence-corrected chi connectivity index (χ1v) is 9.31. The molecule has 1 amide bonds. The van der Waals surface area contributed by atoms with E-state index >= 15 is 0 Å². The molecule has 0 spiro atoms. The fourth-order valence-corrected chi connectivity index (χ4v) is 3.44. The molecule has 2 atom stereocenters. The minimum atomic E-state index is -0.0331. The zero-order chi connectivity index (χ0) is 18.4. The highest BCUT2D eigenvalue weighted by Gasteiger charge is 2.25. The molecular weight excluding hydrogens is 326 g/mol. The fourth-order valence-electron chi connectivity index (χ4n) is 3.44. The van der Waals surface area contributed by atoms with E-state index in [1.165, 1.54) is 6.42 Å². The quantitative estimate of drug-likeness (QED) is 0.836. The van der Waals surface area contributed by atoms with Crippen molar-refractivity contribution < 1.29 is 9.53 Å². The number of amides is 1. The lowest BCUT2D eigenvalue weighted by Gasteiger charge is -2.31. The van der Waals surface area contributed by atoms with E-state index in [-0.39, 0.29) is 11.9 Å². The Balaban J connectivity index is 1.60. The molecule has 0 radical (unpaired) electrons. The van der Waals surface area contributed by atoms with E-state index in [4.69, 9.17) is 10.5 Å². The maximum atomic E-state index is 12.6. The van der Waals surface area contributed by atoms with Crippen molar-refractivity contribution in [2.75, 3.05) is 6.54 Å². The first kappa shape index (κ1) is 18.4. The smallest absolute Gasteiger partial charge is 0.251 e. The number of nitrogens with two attached hydrogens (primary N) is 1. The highest BCUT2D eigenvalue weighted by atomic mass is 16.5. The molecule has 2 unspecified atom stereocenters. The number of ether oxygens (including phenoxy) is 1. The van der Waals surface area contributed by atoms with Crippen LogP contribution in [0.3, 0.4) is 0 Å². The van der Waals surface area contributed by atoms with Crippen LogP contribution < -0.4 is 15.8 Å². The van der Waals surface area contributed by atoms with E-state index < -0.39 is 0 Å². The number of nitrogens with zero attached hydrogens (tertiary/aromatic N) is 1. The summed E-state index contributed by atoms with van der Waals surface area (Å²) in [6.07, 6.45) is 6.17. The van der Waals surface area contributed by atoms with Crippen LogP contribution in [-0.4, -0.2) is 23.5 Å². The topological polar surface area (TPSA) is 77.2 Å². The molecule has 1 aliphatic rings. The number of carbonyl (C=O) groups excluding carboxylic acids is 1. The highest BCUT2D eigenvalue weighted by molar-refractivity contribution is 5.94. The Labute approximate surface area is 155 Å². The third kappa shape index (κ3) is 4.82. The zero-order valence-electron chi connectivity index (χ0n) is 15.3. The molecule has 1 aliphatic carbocycles. The van der Waals surface area contributed by atoms with Gasteiger partial charge in [0.15, 0.2) is 0 Å². The molecule has 1 heterocycles. The zero-order valence-corrected chi connectivity index (χ0v) is 15.3. The summed E-state index contributed by atoms with van der Waals surface area (Å²) in [6.45, 7) is 2.97. The van der Waals surface area contributed by atoms with Gasteiger partial charge in [-0.25, -0.2) is 0 Å². The number of benzene rings is 1. The van der Waals surface area contributed by atoms with Crippen molar-refractivity contribution in [2.24, 2.45) is 11.7 Å². The molecule has 138 valence electrons. The van der Waals surface area contributed by atoms with Gasteiger partial charge < -0.3 is 15.8 Å². The van der Waals surface area contributed by atoms with E-state index in [2.05, 4.69) is 10.3 Å². The van der Waals surface area contributed by atoms with Gasteiger partial charge in [0.1, 0.15) is 12.4 Å². The van der Waals surface area contributed by atoms with Crippen LogP contribution in [0.2, 0.25) is 0 Å². The fraction of sp³-hybridized carbons (Fsp3) is 0.429. The number of hydrogen-bond acceptors (Lipinski definition) is 4. The summed E-state index contributed by atoms with van der Waals surface area (Å²) in [7, 11) is 0. The third-order valence-electron chi connectivity index (χ3n) is 5.01. The van der Waals surface area contributed by atoms with Gasteiger partial charge >= 0.3 is 0 Å². The lowest BCUT2D eigenvalue weighted by molar-refractivity contribution is 0.0908. The van der Waals surface area contributed by atoms with E-state index in [9.17, 15) is 4.79 Å². The van der Waals surface area contributed by atoms with E-state index in [1.807, 2.05) is 43.3 Å². The van der Waals surface area contributed by atoms with Crippen molar-refractivity contribution >= 4 is 5.91 Å². The maximum Gasteiger partial charge on any atom is 0.251 e. The van der Waals surface area contributed by atoms with Gasteiger partial charge in [0.05, 0.1) is 6.20 Å². The summed E-state index contributed by atoms with van der Waals surface area (Å²) >= 11 is 0. The number of pyridine rings is 1. The minimum Gasteiger partial charge on any atom is -0.487 e. The molecule has 5 heteroatoms. The lowest BCUT2D eigenvalue weighted by Crippen LogP contribution is -2.44. The summed E-state index contributed by atoms with van der Waals surface area (Å²) in [5.74, 6) is 1.07. The van der Waals surface area contributed by atoms with Gasteiger partial charge in [-0.3, -0.25) is 9.78 Å². The van der Waals surface area contributed by atoms with Gasteiger partial charge in [0.2, 0.25) is 0 Å². The molecule has 26 heavy (non-hydrogen) atoms. The third-order valence-corrected chi connectivity index (χ3v) is 5.01. The van der Waals surface area contributed by atoms with Gasteiger partial charge in [-0.15, -0.1) is 0 Å². The maximum absolute atomic E-state index is 12.6. The Morgan fingerprint density at radius 1 is 1.27 bits per heavy atom. The van der Waals surface area contributed by atoms with Crippen molar-refractivity contribution in [3.05, 3.63) is 59.4 Å². The van der Waals surface area contributed by atoms with Crippen molar-refractivity contribution in [2.45, 2.75) is 45.3 Å². The second-order valence-corrected chi connectivity index (χ2v) is 6.98. The van der Waals surface area contributed by atoms with Gasteiger partial charge in [-0.05, 0) is 62.1 Å². The van der Waals surface area contributed by atoms with E-state index in [1.54, 1.807) is 6.20 Å². The Bertz CT molecular complexity index is 730. The number of rotatable bonds is 6. The largest absolute Gasteiger partial charge is 0.487 e. The molecule has 1 saturated carbocycles. The number of hydrogen-bond donors (Lipinski definition) is 2. The Morgan fingerprint density at radius 2 is 2.12 bits per heavy atom. The molecule has 1 aromatic carbocycles. The predicted molar refractivity (Wildman–Crippen MR) is 102 cm³/mol. The summed E-state index contributed by atoms with van der Waals surface area (Å²) in [6, 6.07) is 11.6. The summed E-state index contributed by atoms with van der Waals surface area (Å²) in [5.41, 5.74) is 8.43. The van der Waals surface area contributed by atoms with Crippen LogP contribution in [-0.2, 0) is 6.61 Å². The Kier molecular flexibility index (Phi) is 6.23. The molecule has 0 bridgehead atoms. The molecule has 0 aliphatic heterocycles. The van der Waals surface area contributed by atoms with E-state index in [0.29, 0.717) is 24.6 Å². The number of carbonyl (C=O) groups is 1. The van der Waals surface area contributed by atoms with Crippen molar-refractivity contribution in [3.63, 3.8) is 0 Å². The summed E-state index contributed by atoms with van der Waals surface area (Å²) < 4.78 is 5.76. The SMILES string of the molecule is Cc1ccc(OCc2cccc(C(=O)NC3CCCCC3CN)c2)cn1. The molecule has 1 fully saturated rings. The second-order valence-electron chi connectivity index (χ2n) is 6.98. The van der Waals surface area contributed by atoms with Crippen LogP contribution >= 0.6 is 0 Å². The first-order chi connectivity index (χ1) is 12.7. The monoisotopic (exact) mass is 353 g/mol. The second kappa shape index (κ2) is 8.81. The Morgan fingerprint density at radius 3 is 2.88 bits per heavy atom. The number of nitrogens with one attached hydrogen (secondary N) is 1. The van der Waals surface area contributed by atoms with Crippen molar-refractivity contribution in [1.29, 1.82) is 0 Å². The van der Waals surface area contributed by atoms with Gasteiger partial charge in [0, 0.05) is 17.3 Å². The summed E-state index contributed by atoms with van der Waals surface area (Å²) in [5, 5.41) is 3.17. The molecule has 1 aromatic heterocycles. The lowest BCUT2D eigenvalue weighted by atomic mass is 9.84. The first-order valence-electron chi connectivity index (χ1n) is 9.31. The van der Waals surface area contributed by atoms with Crippen LogP contribution in [0.4, 0.5) is 0 Å². The molecule has 2 aromatic rings. The molecule has 3 N–H and O–H groups in total. The van der Waals surface area contributed by atoms with Crippen LogP contribution in [0, 0.1) is 12.8 Å². The van der Waals surface area contributed by atoms with Crippen LogP contribution in [0.25, 0.3) is 0 Å².